The third kappa shape index (κ3) is 1.96. The fourth-order valence-electron chi connectivity index (χ4n) is 1.31. The van der Waals surface area contributed by atoms with Gasteiger partial charge in [0.1, 0.15) is 16.4 Å². The number of aryl methyl sites for hydroxylation is 1. The summed E-state index contributed by atoms with van der Waals surface area (Å²) in [6, 6.07) is 0. The van der Waals surface area contributed by atoms with Crippen LogP contribution in [0.3, 0.4) is 0 Å². The Hall–Kier alpha value is -1.67. The van der Waals surface area contributed by atoms with Gasteiger partial charge in [0.05, 0.1) is 6.33 Å². The van der Waals surface area contributed by atoms with Gasteiger partial charge in [-0.05, 0) is 30.3 Å². The molecule has 7 nitrogen and oxygen atoms in total. The average Bonchev–Trinajstić information content (AvgIpc) is 2.87. The zero-order chi connectivity index (χ0) is 11.8. The summed E-state index contributed by atoms with van der Waals surface area (Å²) in [6.45, 7) is 1.83. The van der Waals surface area contributed by atoms with Crippen molar-refractivity contribution in [3.05, 3.63) is 17.4 Å². The zero-order valence-electron chi connectivity index (χ0n) is 8.60. The van der Waals surface area contributed by atoms with E-state index in [1.165, 1.54) is 11.8 Å². The molecule has 0 atom stereocenters. The zero-order valence-corrected chi connectivity index (χ0v) is 10.2. The first-order valence-corrected chi connectivity index (χ1v) is 5.85. The highest BCUT2D eigenvalue weighted by Crippen LogP contribution is 2.28. The van der Waals surface area contributed by atoms with Crippen LogP contribution in [0.15, 0.2) is 16.5 Å². The Balaban J connectivity index is 2.07. The number of H-pyrrole nitrogens is 2. The van der Waals surface area contributed by atoms with Crippen LogP contribution in [0.4, 0.5) is 0 Å². The second-order valence-electron chi connectivity index (χ2n) is 3.20. The van der Waals surface area contributed by atoms with Crippen LogP contribution < -0.4 is 0 Å². The summed E-state index contributed by atoms with van der Waals surface area (Å²) in [4.78, 5) is 19.3. The lowest BCUT2D eigenvalue weighted by Gasteiger charge is -1.98. The van der Waals surface area contributed by atoms with Gasteiger partial charge in [-0.1, -0.05) is 0 Å². The Kier molecular flexibility index (Phi) is 2.45. The van der Waals surface area contributed by atoms with E-state index in [0.29, 0.717) is 15.8 Å². The first kappa shape index (κ1) is 10.5. The molecule has 0 unspecified atom stereocenters. The molecular formula is C8H6ClN7S. The topological polar surface area (TPSA) is 96.0 Å². The molecule has 9 heteroatoms. The van der Waals surface area contributed by atoms with Crippen LogP contribution in [0.1, 0.15) is 5.82 Å². The standard InChI is InChI=1S/C8H6ClN7S/c1-3-12-8(16-15-3)17-6-4-5(11-2-10-4)13-7(9)14-6/h2H,1H3,(H,12,15,16)(H,10,11,13,14). The van der Waals surface area contributed by atoms with Gasteiger partial charge in [0.15, 0.2) is 5.65 Å². The maximum absolute atomic E-state index is 5.81. The van der Waals surface area contributed by atoms with Gasteiger partial charge in [0, 0.05) is 0 Å². The van der Waals surface area contributed by atoms with Crippen molar-refractivity contribution in [1.29, 1.82) is 0 Å². The van der Waals surface area contributed by atoms with Crippen molar-refractivity contribution in [2.24, 2.45) is 0 Å². The van der Waals surface area contributed by atoms with Crippen LogP contribution in [-0.4, -0.2) is 35.1 Å². The van der Waals surface area contributed by atoms with Crippen molar-refractivity contribution in [2.75, 3.05) is 0 Å². The Morgan fingerprint density at radius 2 is 2.18 bits per heavy atom. The Morgan fingerprint density at radius 1 is 1.29 bits per heavy atom. The molecule has 0 saturated heterocycles. The predicted molar refractivity (Wildman–Crippen MR) is 61.9 cm³/mol. The van der Waals surface area contributed by atoms with Gasteiger partial charge in [0.2, 0.25) is 10.4 Å². The summed E-state index contributed by atoms with van der Waals surface area (Å²) in [5.74, 6) is 0.744. The number of halogens is 1. The number of hydrogen-bond donors (Lipinski definition) is 2. The van der Waals surface area contributed by atoms with Gasteiger partial charge >= 0.3 is 0 Å². The first-order chi connectivity index (χ1) is 8.22. The highest BCUT2D eigenvalue weighted by atomic mass is 35.5. The Bertz CT molecular complexity index is 675. The molecule has 3 aromatic heterocycles. The van der Waals surface area contributed by atoms with E-state index in [1.807, 2.05) is 6.92 Å². The number of rotatable bonds is 2. The molecule has 17 heavy (non-hydrogen) atoms. The van der Waals surface area contributed by atoms with Crippen LogP contribution in [0.5, 0.6) is 0 Å². The molecule has 0 spiro atoms. The quantitative estimate of drug-likeness (QED) is 0.541. The minimum atomic E-state index is 0.152. The van der Waals surface area contributed by atoms with E-state index in [-0.39, 0.29) is 5.28 Å². The van der Waals surface area contributed by atoms with Crippen molar-refractivity contribution < 1.29 is 0 Å². The molecule has 0 saturated carbocycles. The van der Waals surface area contributed by atoms with E-state index < -0.39 is 0 Å². The van der Waals surface area contributed by atoms with E-state index in [9.17, 15) is 0 Å². The fourth-order valence-corrected chi connectivity index (χ4v) is 2.36. The van der Waals surface area contributed by atoms with Crippen LogP contribution in [0.2, 0.25) is 5.28 Å². The highest BCUT2D eigenvalue weighted by Gasteiger charge is 2.12. The lowest BCUT2D eigenvalue weighted by Crippen LogP contribution is -1.89. The van der Waals surface area contributed by atoms with Crippen LogP contribution in [0, 0.1) is 6.92 Å². The SMILES string of the molecule is Cc1nc(Sc2nc(Cl)nc3nc[nH]c23)n[nH]1. The molecule has 86 valence electrons. The maximum Gasteiger partial charge on any atom is 0.225 e. The number of imidazole rings is 1. The van der Waals surface area contributed by atoms with Gasteiger partial charge in [-0.15, -0.1) is 5.10 Å². The van der Waals surface area contributed by atoms with Crippen LogP contribution >= 0.6 is 23.4 Å². The number of fused-ring (bicyclic) bond motifs is 1. The molecule has 3 rings (SSSR count). The molecule has 0 amide bonds. The number of hydrogen-bond acceptors (Lipinski definition) is 6. The lowest BCUT2D eigenvalue weighted by atomic mass is 10.6. The molecule has 3 heterocycles. The maximum atomic E-state index is 5.81. The fraction of sp³-hybridized carbons (Fsp3) is 0.125. The molecule has 0 aliphatic heterocycles. The predicted octanol–water partition coefficient (Wildman–Crippen LogP) is 1.58. The van der Waals surface area contributed by atoms with Crippen molar-refractivity contribution in [3.63, 3.8) is 0 Å². The third-order valence-corrected chi connectivity index (χ3v) is 3.01. The Labute approximate surface area is 104 Å². The monoisotopic (exact) mass is 267 g/mol. The minimum absolute atomic E-state index is 0.152. The van der Waals surface area contributed by atoms with Crippen molar-refractivity contribution in [2.45, 2.75) is 17.1 Å². The van der Waals surface area contributed by atoms with E-state index >= 15 is 0 Å². The first-order valence-electron chi connectivity index (χ1n) is 4.66. The molecule has 0 aromatic carbocycles. The van der Waals surface area contributed by atoms with Gasteiger partial charge in [-0.3, -0.25) is 5.10 Å². The summed E-state index contributed by atoms with van der Waals surface area (Å²) in [5.41, 5.74) is 1.25. The van der Waals surface area contributed by atoms with E-state index in [4.69, 9.17) is 11.6 Å². The second-order valence-corrected chi connectivity index (χ2v) is 4.50. The van der Waals surface area contributed by atoms with Gasteiger partial charge in [-0.2, -0.15) is 4.98 Å². The summed E-state index contributed by atoms with van der Waals surface area (Å²) in [5, 5.41) is 8.16. The third-order valence-electron chi connectivity index (χ3n) is 1.99. The van der Waals surface area contributed by atoms with Crippen molar-refractivity contribution >= 4 is 34.5 Å². The summed E-state index contributed by atoms with van der Waals surface area (Å²) >= 11 is 7.11. The number of aromatic nitrogens is 7. The number of nitrogens with one attached hydrogen (secondary N) is 2. The number of aromatic amines is 2. The molecule has 0 aliphatic rings. The summed E-state index contributed by atoms with van der Waals surface area (Å²) in [6.07, 6.45) is 1.54. The molecule has 0 aliphatic carbocycles. The summed E-state index contributed by atoms with van der Waals surface area (Å²) in [7, 11) is 0. The summed E-state index contributed by atoms with van der Waals surface area (Å²) < 4.78 is 0. The van der Waals surface area contributed by atoms with Crippen molar-refractivity contribution in [3.8, 4) is 0 Å². The molecule has 3 aromatic rings. The lowest BCUT2D eigenvalue weighted by molar-refractivity contribution is 0.964. The van der Waals surface area contributed by atoms with Gasteiger partial charge < -0.3 is 4.98 Å². The smallest absolute Gasteiger partial charge is 0.225 e. The molecule has 2 N–H and O–H groups in total. The molecule has 0 bridgehead atoms. The normalized spacial score (nSPS) is 11.2. The minimum Gasteiger partial charge on any atom is -0.341 e. The molecule has 0 radical (unpaired) electrons. The Morgan fingerprint density at radius 3 is 2.94 bits per heavy atom. The van der Waals surface area contributed by atoms with Crippen LogP contribution in [0.25, 0.3) is 11.2 Å². The number of nitrogens with zero attached hydrogens (tertiary/aromatic N) is 5. The second kappa shape index (κ2) is 3.97. The largest absolute Gasteiger partial charge is 0.341 e. The van der Waals surface area contributed by atoms with Crippen molar-refractivity contribution in [1.82, 2.24) is 35.1 Å². The van der Waals surface area contributed by atoms with E-state index in [2.05, 4.69) is 35.1 Å². The van der Waals surface area contributed by atoms with E-state index in [0.717, 1.165) is 11.3 Å². The van der Waals surface area contributed by atoms with Crippen LogP contribution in [-0.2, 0) is 0 Å². The van der Waals surface area contributed by atoms with Gasteiger partial charge in [0.25, 0.3) is 0 Å². The van der Waals surface area contributed by atoms with Gasteiger partial charge in [-0.25, -0.2) is 15.0 Å². The molecule has 0 fully saturated rings. The van der Waals surface area contributed by atoms with E-state index in [1.54, 1.807) is 6.33 Å². The average molecular weight is 268 g/mol. The molecular weight excluding hydrogens is 262 g/mol. The highest BCUT2D eigenvalue weighted by molar-refractivity contribution is 7.99.